The largest absolute Gasteiger partial charge is 0.463 e. The van der Waals surface area contributed by atoms with Crippen LogP contribution in [0.15, 0.2) is 59.8 Å². The molecule has 1 aliphatic heterocycles. The molecule has 1 unspecified atom stereocenters. The lowest BCUT2D eigenvalue weighted by Crippen LogP contribution is -2.30. The van der Waals surface area contributed by atoms with Crippen LogP contribution >= 0.6 is 0 Å². The number of nitrogens with one attached hydrogen (secondary N) is 1. The Balaban J connectivity index is 1.93. The Morgan fingerprint density at radius 3 is 2.90 bits per heavy atom. The van der Waals surface area contributed by atoms with Crippen molar-refractivity contribution in [3.05, 3.63) is 70.9 Å². The molecule has 0 amide bonds. The van der Waals surface area contributed by atoms with Crippen molar-refractivity contribution < 1.29 is 9.53 Å². The number of hydrogen-bond acceptors (Lipinski definition) is 7. The zero-order chi connectivity index (χ0) is 20.4. The van der Waals surface area contributed by atoms with Gasteiger partial charge in [-0.05, 0) is 53.1 Å². The van der Waals surface area contributed by atoms with Crippen molar-refractivity contribution in [2.24, 2.45) is 0 Å². The van der Waals surface area contributed by atoms with Gasteiger partial charge in [0.25, 0.3) is 0 Å². The summed E-state index contributed by atoms with van der Waals surface area (Å²) in [6.45, 7) is 3.83. The van der Waals surface area contributed by atoms with E-state index in [0.29, 0.717) is 22.8 Å². The number of benzene rings is 2. The van der Waals surface area contributed by atoms with E-state index >= 15 is 0 Å². The van der Waals surface area contributed by atoms with Crippen LogP contribution in [0, 0.1) is 11.3 Å². The Morgan fingerprint density at radius 2 is 2.10 bits per heavy atom. The SMILES string of the molecule is CCOC(=O)C1=C(C)Nc2nnnn2C1c1ccccc1-c1cccc(C#N)c1. The van der Waals surface area contributed by atoms with Gasteiger partial charge >= 0.3 is 5.97 Å². The fraction of sp³-hybridized carbons (Fsp3) is 0.190. The van der Waals surface area contributed by atoms with E-state index in [2.05, 4.69) is 26.9 Å². The van der Waals surface area contributed by atoms with Gasteiger partial charge in [-0.15, -0.1) is 0 Å². The Kier molecular flexibility index (Phi) is 4.79. The molecule has 0 saturated carbocycles. The molecule has 144 valence electrons. The van der Waals surface area contributed by atoms with Crippen LogP contribution in [0.3, 0.4) is 0 Å². The number of nitrogens with zero attached hydrogens (tertiary/aromatic N) is 5. The summed E-state index contributed by atoms with van der Waals surface area (Å²) in [5.74, 6) is 0.0188. The first-order valence-electron chi connectivity index (χ1n) is 9.16. The number of carbonyl (C=O) groups is 1. The van der Waals surface area contributed by atoms with Crippen LogP contribution in [0.1, 0.15) is 31.0 Å². The van der Waals surface area contributed by atoms with Crippen LogP contribution in [0.4, 0.5) is 5.95 Å². The third-order valence-corrected chi connectivity index (χ3v) is 4.77. The van der Waals surface area contributed by atoms with Crippen LogP contribution in [0.25, 0.3) is 11.1 Å². The highest BCUT2D eigenvalue weighted by Gasteiger charge is 2.36. The molecular formula is C21H18N6O2. The van der Waals surface area contributed by atoms with Crippen molar-refractivity contribution in [2.75, 3.05) is 11.9 Å². The second-order valence-electron chi connectivity index (χ2n) is 6.51. The van der Waals surface area contributed by atoms with Crippen molar-refractivity contribution in [2.45, 2.75) is 19.9 Å². The Bertz CT molecular complexity index is 1160. The van der Waals surface area contributed by atoms with Crippen LogP contribution in [-0.2, 0) is 9.53 Å². The molecule has 1 aromatic heterocycles. The molecule has 1 N–H and O–H groups in total. The van der Waals surface area contributed by atoms with Crippen molar-refractivity contribution in [1.29, 1.82) is 5.26 Å². The van der Waals surface area contributed by atoms with Gasteiger partial charge in [0.1, 0.15) is 6.04 Å². The number of anilines is 1. The molecule has 0 fully saturated rings. The highest BCUT2D eigenvalue weighted by Crippen LogP contribution is 2.39. The summed E-state index contributed by atoms with van der Waals surface area (Å²) in [4.78, 5) is 12.8. The molecule has 3 aromatic rings. The van der Waals surface area contributed by atoms with Crippen molar-refractivity contribution in [3.8, 4) is 17.2 Å². The number of tetrazole rings is 1. The van der Waals surface area contributed by atoms with Gasteiger partial charge in [-0.3, -0.25) is 0 Å². The summed E-state index contributed by atoms with van der Waals surface area (Å²) < 4.78 is 6.89. The maximum Gasteiger partial charge on any atom is 0.338 e. The normalized spacial score (nSPS) is 15.3. The Morgan fingerprint density at radius 1 is 1.28 bits per heavy atom. The number of ether oxygens (including phenoxy) is 1. The maximum absolute atomic E-state index is 12.8. The van der Waals surface area contributed by atoms with E-state index in [9.17, 15) is 10.1 Å². The summed E-state index contributed by atoms with van der Waals surface area (Å²) in [5.41, 5.74) is 4.22. The maximum atomic E-state index is 12.8. The molecule has 8 nitrogen and oxygen atoms in total. The van der Waals surface area contributed by atoms with Crippen LogP contribution in [0.2, 0.25) is 0 Å². The lowest BCUT2D eigenvalue weighted by atomic mass is 9.89. The van der Waals surface area contributed by atoms with Gasteiger partial charge < -0.3 is 10.1 Å². The van der Waals surface area contributed by atoms with Gasteiger partial charge in [-0.2, -0.15) is 9.94 Å². The number of fused-ring (bicyclic) bond motifs is 1. The van der Waals surface area contributed by atoms with E-state index in [0.717, 1.165) is 16.7 Å². The minimum Gasteiger partial charge on any atom is -0.463 e. The molecule has 0 saturated heterocycles. The van der Waals surface area contributed by atoms with Crippen LogP contribution in [0.5, 0.6) is 0 Å². The van der Waals surface area contributed by atoms with Crippen LogP contribution < -0.4 is 5.32 Å². The van der Waals surface area contributed by atoms with E-state index in [4.69, 9.17) is 4.74 Å². The highest BCUT2D eigenvalue weighted by molar-refractivity contribution is 5.93. The van der Waals surface area contributed by atoms with Gasteiger partial charge in [0.2, 0.25) is 5.95 Å². The fourth-order valence-corrected chi connectivity index (χ4v) is 3.53. The smallest absolute Gasteiger partial charge is 0.338 e. The molecular weight excluding hydrogens is 368 g/mol. The summed E-state index contributed by atoms with van der Waals surface area (Å²) in [6.07, 6.45) is 0. The van der Waals surface area contributed by atoms with E-state index in [1.54, 1.807) is 24.6 Å². The van der Waals surface area contributed by atoms with E-state index in [-0.39, 0.29) is 6.61 Å². The zero-order valence-electron chi connectivity index (χ0n) is 16.0. The Labute approximate surface area is 167 Å². The highest BCUT2D eigenvalue weighted by atomic mass is 16.5. The second-order valence-corrected chi connectivity index (χ2v) is 6.51. The summed E-state index contributed by atoms with van der Waals surface area (Å²) >= 11 is 0. The average Bonchev–Trinajstić information content (AvgIpc) is 3.21. The number of esters is 1. The lowest BCUT2D eigenvalue weighted by molar-refractivity contribution is -0.139. The first-order valence-corrected chi connectivity index (χ1v) is 9.16. The first kappa shape index (κ1) is 18.4. The van der Waals surface area contributed by atoms with E-state index in [1.807, 2.05) is 42.5 Å². The molecule has 0 spiro atoms. The van der Waals surface area contributed by atoms with Crippen molar-refractivity contribution >= 4 is 11.9 Å². The molecule has 2 aromatic carbocycles. The number of allylic oxidation sites excluding steroid dienone is 1. The molecule has 0 bridgehead atoms. The summed E-state index contributed by atoms with van der Waals surface area (Å²) in [7, 11) is 0. The number of hydrogen-bond donors (Lipinski definition) is 1. The monoisotopic (exact) mass is 386 g/mol. The molecule has 2 heterocycles. The Hall–Kier alpha value is -3.99. The topological polar surface area (TPSA) is 106 Å². The van der Waals surface area contributed by atoms with Gasteiger partial charge in [-0.25, -0.2) is 4.79 Å². The molecule has 1 atom stereocenters. The molecule has 29 heavy (non-hydrogen) atoms. The van der Waals surface area contributed by atoms with E-state index < -0.39 is 12.0 Å². The minimum absolute atomic E-state index is 0.261. The number of aromatic nitrogens is 4. The number of carbonyl (C=O) groups excluding carboxylic acids is 1. The van der Waals surface area contributed by atoms with Crippen molar-refractivity contribution in [1.82, 2.24) is 20.2 Å². The van der Waals surface area contributed by atoms with Gasteiger partial charge in [0.05, 0.1) is 23.8 Å². The fourth-order valence-electron chi connectivity index (χ4n) is 3.53. The third kappa shape index (κ3) is 3.23. The first-order chi connectivity index (χ1) is 14.1. The predicted molar refractivity (Wildman–Crippen MR) is 106 cm³/mol. The lowest BCUT2D eigenvalue weighted by Gasteiger charge is -2.28. The van der Waals surface area contributed by atoms with Gasteiger partial charge in [-0.1, -0.05) is 41.5 Å². The molecule has 0 aliphatic carbocycles. The minimum atomic E-state index is -0.567. The number of rotatable bonds is 4. The zero-order valence-corrected chi connectivity index (χ0v) is 16.0. The van der Waals surface area contributed by atoms with Gasteiger partial charge in [0, 0.05) is 5.70 Å². The quantitative estimate of drug-likeness (QED) is 0.687. The van der Waals surface area contributed by atoms with Gasteiger partial charge in [0.15, 0.2) is 0 Å². The van der Waals surface area contributed by atoms with Crippen molar-refractivity contribution in [3.63, 3.8) is 0 Å². The molecule has 1 aliphatic rings. The standard InChI is InChI=1S/C21H18N6O2/c1-3-29-20(28)18-13(2)23-21-24-25-26-27(21)19(18)17-10-5-4-9-16(17)15-8-6-7-14(11-15)12-22/h4-11,19H,3H2,1-2H3,(H,23,24,26). The number of nitriles is 1. The summed E-state index contributed by atoms with van der Waals surface area (Å²) in [6, 6.07) is 16.6. The van der Waals surface area contributed by atoms with E-state index in [1.165, 1.54) is 0 Å². The predicted octanol–water partition coefficient (Wildman–Crippen LogP) is 3.06. The third-order valence-electron chi connectivity index (χ3n) is 4.77. The second kappa shape index (κ2) is 7.56. The average molecular weight is 386 g/mol. The summed E-state index contributed by atoms with van der Waals surface area (Å²) in [5, 5.41) is 24.2. The van der Waals surface area contributed by atoms with Crippen LogP contribution in [-0.4, -0.2) is 32.8 Å². The molecule has 8 heteroatoms. The molecule has 4 rings (SSSR count). The molecule has 0 radical (unpaired) electrons.